The molecule has 146 valence electrons. The van der Waals surface area contributed by atoms with E-state index in [0.29, 0.717) is 0 Å². The van der Waals surface area contributed by atoms with E-state index in [9.17, 15) is 4.79 Å². The van der Waals surface area contributed by atoms with Crippen molar-refractivity contribution in [1.29, 1.82) is 0 Å². The van der Waals surface area contributed by atoms with Gasteiger partial charge in [0.25, 0.3) is 5.91 Å². The van der Waals surface area contributed by atoms with Gasteiger partial charge in [0.2, 0.25) is 0 Å². The number of hydrogen-bond donors (Lipinski definition) is 1. The first-order valence-electron chi connectivity index (χ1n) is 10.1. The summed E-state index contributed by atoms with van der Waals surface area (Å²) in [5.74, 6) is 0.0123. The normalized spacial score (nSPS) is 15.8. The third-order valence-corrected chi connectivity index (χ3v) is 5.51. The minimum Gasteiger partial charge on any atom is -0.352 e. The highest BCUT2D eigenvalue weighted by Crippen LogP contribution is 2.16. The third kappa shape index (κ3) is 4.99. The number of likely N-dealkylation sites (N-methyl/N-ethyl adjacent to an activating group) is 1. The number of nitrogens with one attached hydrogen (secondary N) is 1. The van der Waals surface area contributed by atoms with E-state index in [2.05, 4.69) is 52.6 Å². The first-order valence-corrected chi connectivity index (χ1v) is 10.1. The van der Waals surface area contributed by atoms with E-state index in [1.165, 1.54) is 11.4 Å². The number of carbonyl (C=O) groups excluding carboxylic acids is 1. The molecule has 0 unspecified atom stereocenters. The second-order valence-electron chi connectivity index (χ2n) is 7.38. The van der Waals surface area contributed by atoms with Gasteiger partial charge in [-0.25, -0.2) is 0 Å². The van der Waals surface area contributed by atoms with Gasteiger partial charge in [-0.15, -0.1) is 0 Å². The minimum atomic E-state index is 0.0123. The lowest BCUT2D eigenvalue weighted by Gasteiger charge is -2.33. The number of aromatic nitrogens is 1. The van der Waals surface area contributed by atoms with E-state index in [4.69, 9.17) is 0 Å². The van der Waals surface area contributed by atoms with Gasteiger partial charge in [0.15, 0.2) is 0 Å². The Morgan fingerprint density at radius 1 is 0.926 bits per heavy atom. The number of hydrogen-bond acceptors (Lipinski definition) is 3. The predicted molar refractivity (Wildman–Crippen MR) is 111 cm³/mol. The Balaban J connectivity index is 1.43. The summed E-state index contributed by atoms with van der Waals surface area (Å²) in [4.78, 5) is 17.4. The van der Waals surface area contributed by atoms with Crippen LogP contribution < -0.4 is 5.32 Å². The molecule has 0 saturated carbocycles. The molecule has 2 heterocycles. The van der Waals surface area contributed by atoms with Crippen LogP contribution in [0.15, 0.2) is 36.4 Å². The van der Waals surface area contributed by atoms with Crippen LogP contribution in [0.5, 0.6) is 0 Å². The maximum atomic E-state index is 12.4. The quantitative estimate of drug-likeness (QED) is 0.764. The number of benzene rings is 1. The van der Waals surface area contributed by atoms with Crippen LogP contribution in [0.2, 0.25) is 0 Å². The number of nitrogens with zero attached hydrogens (tertiary/aromatic N) is 3. The van der Waals surface area contributed by atoms with Crippen molar-refractivity contribution in [2.75, 3.05) is 45.8 Å². The summed E-state index contributed by atoms with van der Waals surface area (Å²) in [5.41, 5.74) is 4.21. The molecule has 0 radical (unpaired) electrons. The molecule has 1 N–H and O–H groups in total. The zero-order valence-corrected chi connectivity index (χ0v) is 16.9. The van der Waals surface area contributed by atoms with Gasteiger partial charge in [-0.3, -0.25) is 4.79 Å². The highest BCUT2D eigenvalue weighted by atomic mass is 16.1. The topological polar surface area (TPSA) is 40.5 Å². The molecule has 0 spiro atoms. The summed E-state index contributed by atoms with van der Waals surface area (Å²) >= 11 is 0. The number of aryl methyl sites for hydroxylation is 2. The van der Waals surface area contributed by atoms with Crippen molar-refractivity contribution < 1.29 is 4.79 Å². The van der Waals surface area contributed by atoms with Gasteiger partial charge in [0.05, 0.1) is 0 Å². The summed E-state index contributed by atoms with van der Waals surface area (Å²) in [6, 6.07) is 12.1. The Morgan fingerprint density at radius 2 is 1.52 bits per heavy atom. The van der Waals surface area contributed by atoms with E-state index in [0.717, 1.165) is 63.5 Å². The Morgan fingerprint density at radius 3 is 2.11 bits per heavy atom. The minimum absolute atomic E-state index is 0.0123. The molecule has 2 aromatic rings. The second-order valence-corrected chi connectivity index (χ2v) is 7.38. The maximum absolute atomic E-state index is 12.4. The number of carbonyl (C=O) groups is 1. The second kappa shape index (κ2) is 9.20. The molecule has 1 aliphatic heterocycles. The Bertz CT molecular complexity index is 723. The van der Waals surface area contributed by atoms with Crippen molar-refractivity contribution >= 4 is 5.91 Å². The monoisotopic (exact) mass is 368 g/mol. The molecule has 5 heteroatoms. The van der Waals surface area contributed by atoms with Crippen LogP contribution in [0.1, 0.15) is 35.1 Å². The lowest BCUT2D eigenvalue weighted by atomic mass is 10.2. The van der Waals surface area contributed by atoms with Crippen LogP contribution >= 0.6 is 0 Å². The van der Waals surface area contributed by atoms with E-state index < -0.39 is 0 Å². The molecule has 1 aromatic carbocycles. The average Bonchev–Trinajstić information content (AvgIpc) is 3.04. The van der Waals surface area contributed by atoms with Crippen LogP contribution in [-0.2, 0) is 0 Å². The third-order valence-electron chi connectivity index (χ3n) is 5.51. The summed E-state index contributed by atoms with van der Waals surface area (Å²) in [6.45, 7) is 13.9. The first-order chi connectivity index (χ1) is 13.1. The molecule has 1 amide bonds. The van der Waals surface area contributed by atoms with Crippen molar-refractivity contribution in [2.45, 2.75) is 27.2 Å². The standard InChI is InChI=1S/C22H32N4O/c1-4-24-14-16-25(17-15-24)13-5-12-23-22(27)20-8-10-21(11-9-20)26-18(2)6-7-19(26)3/h6-11H,4-5,12-17H2,1-3H3,(H,23,27). The van der Waals surface area contributed by atoms with E-state index in [1.807, 2.05) is 24.3 Å². The largest absolute Gasteiger partial charge is 0.352 e. The Labute approximate surface area is 163 Å². The van der Waals surface area contributed by atoms with Crippen molar-refractivity contribution in [3.63, 3.8) is 0 Å². The Hall–Kier alpha value is -2.11. The van der Waals surface area contributed by atoms with Gasteiger partial charge in [0.1, 0.15) is 0 Å². The van der Waals surface area contributed by atoms with Crippen LogP contribution in [0, 0.1) is 13.8 Å². The average molecular weight is 369 g/mol. The molecule has 1 fully saturated rings. The summed E-state index contributed by atoms with van der Waals surface area (Å²) in [6.07, 6.45) is 0.998. The van der Waals surface area contributed by atoms with Gasteiger partial charge in [-0.1, -0.05) is 6.92 Å². The highest BCUT2D eigenvalue weighted by molar-refractivity contribution is 5.94. The number of piperazine rings is 1. The van der Waals surface area contributed by atoms with E-state index >= 15 is 0 Å². The highest BCUT2D eigenvalue weighted by Gasteiger charge is 2.14. The van der Waals surface area contributed by atoms with Crippen molar-refractivity contribution in [3.8, 4) is 5.69 Å². The zero-order chi connectivity index (χ0) is 19.2. The van der Waals surface area contributed by atoms with Crippen LogP contribution in [0.25, 0.3) is 5.69 Å². The van der Waals surface area contributed by atoms with Gasteiger partial charge in [-0.05, 0) is 69.8 Å². The van der Waals surface area contributed by atoms with E-state index in [1.54, 1.807) is 0 Å². The SMILES string of the molecule is CCN1CCN(CCCNC(=O)c2ccc(-n3c(C)ccc3C)cc2)CC1. The molecular weight excluding hydrogens is 336 g/mol. The molecule has 27 heavy (non-hydrogen) atoms. The van der Waals surface area contributed by atoms with Crippen LogP contribution in [-0.4, -0.2) is 66.1 Å². The van der Waals surface area contributed by atoms with Gasteiger partial charge in [-0.2, -0.15) is 0 Å². The lowest BCUT2D eigenvalue weighted by Crippen LogP contribution is -2.46. The van der Waals surface area contributed by atoms with Crippen LogP contribution in [0.3, 0.4) is 0 Å². The number of rotatable bonds is 7. The Kier molecular flexibility index (Phi) is 6.69. The van der Waals surface area contributed by atoms with Crippen LogP contribution in [0.4, 0.5) is 0 Å². The summed E-state index contributed by atoms with van der Waals surface area (Å²) in [5, 5.41) is 3.05. The van der Waals surface area contributed by atoms with Crippen molar-refractivity contribution in [1.82, 2.24) is 19.7 Å². The molecular formula is C22H32N4O. The first kappa shape index (κ1) is 19.6. The maximum Gasteiger partial charge on any atom is 0.251 e. The molecule has 0 atom stereocenters. The number of amides is 1. The fourth-order valence-corrected chi connectivity index (χ4v) is 3.77. The predicted octanol–water partition coefficient (Wildman–Crippen LogP) is 2.85. The van der Waals surface area contributed by atoms with E-state index in [-0.39, 0.29) is 5.91 Å². The fourth-order valence-electron chi connectivity index (χ4n) is 3.77. The zero-order valence-electron chi connectivity index (χ0n) is 16.9. The smallest absolute Gasteiger partial charge is 0.251 e. The van der Waals surface area contributed by atoms with Gasteiger partial charge < -0.3 is 19.7 Å². The van der Waals surface area contributed by atoms with Crippen molar-refractivity contribution in [3.05, 3.63) is 53.3 Å². The molecule has 5 nitrogen and oxygen atoms in total. The van der Waals surface area contributed by atoms with Gasteiger partial charge in [0, 0.05) is 55.4 Å². The summed E-state index contributed by atoms with van der Waals surface area (Å²) < 4.78 is 2.19. The molecule has 0 aliphatic carbocycles. The molecule has 1 aliphatic rings. The molecule has 1 saturated heterocycles. The molecule has 3 rings (SSSR count). The fraction of sp³-hybridized carbons (Fsp3) is 0.500. The molecule has 1 aromatic heterocycles. The van der Waals surface area contributed by atoms with Crippen molar-refractivity contribution in [2.24, 2.45) is 0 Å². The lowest BCUT2D eigenvalue weighted by molar-refractivity contribution is 0.0948. The van der Waals surface area contributed by atoms with Gasteiger partial charge >= 0.3 is 0 Å². The molecule has 0 bridgehead atoms. The summed E-state index contributed by atoms with van der Waals surface area (Å²) in [7, 11) is 0.